The quantitative estimate of drug-likeness (QED) is 0.450. The summed E-state index contributed by atoms with van der Waals surface area (Å²) < 4.78 is 11.2. The van der Waals surface area contributed by atoms with Gasteiger partial charge in [-0.25, -0.2) is 4.98 Å². The SMILES string of the molecule is COc1ccc(-c2cc3nc(CN4CCC[C@H]4c4ccc(OC)cc4)[nH]c(=O)c3s2)cc1. The smallest absolute Gasteiger partial charge is 0.268 e. The Hall–Kier alpha value is -3.16. The summed E-state index contributed by atoms with van der Waals surface area (Å²) in [6, 6.07) is 18.4. The maximum absolute atomic E-state index is 12.8. The number of fused-ring (bicyclic) bond motifs is 1. The summed E-state index contributed by atoms with van der Waals surface area (Å²) >= 11 is 1.47. The molecule has 5 rings (SSSR count). The lowest BCUT2D eigenvalue weighted by molar-refractivity contribution is 0.242. The van der Waals surface area contributed by atoms with Crippen molar-refractivity contribution in [2.45, 2.75) is 25.4 Å². The maximum Gasteiger partial charge on any atom is 0.268 e. The topological polar surface area (TPSA) is 67.5 Å². The van der Waals surface area contributed by atoms with Gasteiger partial charge in [0.25, 0.3) is 5.56 Å². The first kappa shape index (κ1) is 20.7. The van der Waals surface area contributed by atoms with Crippen LogP contribution in [0, 0.1) is 0 Å². The van der Waals surface area contributed by atoms with Crippen molar-refractivity contribution >= 4 is 21.6 Å². The summed E-state index contributed by atoms with van der Waals surface area (Å²) in [4.78, 5) is 24.0. The van der Waals surface area contributed by atoms with E-state index in [9.17, 15) is 4.79 Å². The van der Waals surface area contributed by atoms with Crippen LogP contribution in [0.1, 0.15) is 30.3 Å². The Kier molecular flexibility index (Phi) is 5.68. The number of methoxy groups -OCH3 is 2. The molecule has 1 N–H and O–H groups in total. The molecule has 0 unspecified atom stereocenters. The number of rotatable bonds is 6. The predicted molar refractivity (Wildman–Crippen MR) is 128 cm³/mol. The molecule has 0 spiro atoms. The van der Waals surface area contributed by atoms with Gasteiger partial charge in [-0.3, -0.25) is 9.69 Å². The number of likely N-dealkylation sites (tertiary alicyclic amines) is 1. The van der Waals surface area contributed by atoms with Crippen molar-refractivity contribution < 1.29 is 9.47 Å². The molecule has 1 aliphatic heterocycles. The van der Waals surface area contributed by atoms with E-state index < -0.39 is 0 Å². The third kappa shape index (κ3) is 4.01. The van der Waals surface area contributed by atoms with Gasteiger partial charge in [-0.05, 0) is 73.0 Å². The molecular formula is C25H25N3O3S. The number of hydrogen-bond donors (Lipinski definition) is 1. The number of nitrogens with zero attached hydrogens (tertiary/aromatic N) is 2. The van der Waals surface area contributed by atoms with Gasteiger partial charge >= 0.3 is 0 Å². The van der Waals surface area contributed by atoms with Gasteiger partial charge in [0.1, 0.15) is 22.0 Å². The van der Waals surface area contributed by atoms with Gasteiger partial charge in [0.15, 0.2) is 0 Å². The molecule has 2 aromatic heterocycles. The lowest BCUT2D eigenvalue weighted by Gasteiger charge is -2.24. The highest BCUT2D eigenvalue weighted by Gasteiger charge is 2.27. The molecule has 2 aromatic carbocycles. The molecule has 4 aromatic rings. The van der Waals surface area contributed by atoms with Crippen molar-refractivity contribution in [2.24, 2.45) is 0 Å². The number of nitrogens with one attached hydrogen (secondary N) is 1. The summed E-state index contributed by atoms with van der Waals surface area (Å²) in [5.41, 5.74) is 2.99. The zero-order valence-electron chi connectivity index (χ0n) is 18.1. The molecule has 164 valence electrons. The number of aromatic amines is 1. The Morgan fingerprint density at radius 3 is 2.44 bits per heavy atom. The van der Waals surface area contributed by atoms with Crippen LogP contribution in [0.2, 0.25) is 0 Å². The van der Waals surface area contributed by atoms with Crippen LogP contribution in [0.15, 0.2) is 59.4 Å². The summed E-state index contributed by atoms with van der Waals surface area (Å²) in [6.45, 7) is 1.61. The summed E-state index contributed by atoms with van der Waals surface area (Å²) in [6.07, 6.45) is 2.22. The van der Waals surface area contributed by atoms with Gasteiger partial charge in [0.05, 0.1) is 26.3 Å². The molecule has 0 aliphatic carbocycles. The molecule has 0 saturated carbocycles. The Balaban J connectivity index is 1.40. The lowest BCUT2D eigenvalue weighted by atomic mass is 10.0. The normalized spacial score (nSPS) is 16.5. The van der Waals surface area contributed by atoms with E-state index in [2.05, 4.69) is 22.0 Å². The van der Waals surface area contributed by atoms with Crippen LogP contribution in [0.5, 0.6) is 11.5 Å². The van der Waals surface area contributed by atoms with Gasteiger partial charge in [0.2, 0.25) is 0 Å². The number of benzene rings is 2. The highest BCUT2D eigenvalue weighted by atomic mass is 32.1. The number of aromatic nitrogens is 2. The van der Waals surface area contributed by atoms with Crippen molar-refractivity contribution in [1.29, 1.82) is 0 Å². The summed E-state index contributed by atoms with van der Waals surface area (Å²) in [5, 5.41) is 0. The van der Waals surface area contributed by atoms with E-state index in [0.29, 0.717) is 23.1 Å². The molecule has 32 heavy (non-hydrogen) atoms. The van der Waals surface area contributed by atoms with Crippen molar-refractivity contribution in [1.82, 2.24) is 14.9 Å². The van der Waals surface area contributed by atoms with Gasteiger partial charge in [-0.1, -0.05) is 12.1 Å². The maximum atomic E-state index is 12.8. The number of ether oxygens (including phenoxy) is 2. The fraction of sp³-hybridized carbons (Fsp3) is 0.280. The first-order valence-electron chi connectivity index (χ1n) is 10.7. The van der Waals surface area contributed by atoms with Crippen molar-refractivity contribution in [3.05, 3.63) is 76.3 Å². The van der Waals surface area contributed by atoms with Crippen molar-refractivity contribution in [2.75, 3.05) is 20.8 Å². The minimum absolute atomic E-state index is 0.0741. The van der Waals surface area contributed by atoms with Gasteiger partial charge in [0, 0.05) is 10.9 Å². The van der Waals surface area contributed by atoms with Crippen LogP contribution in [0.4, 0.5) is 0 Å². The van der Waals surface area contributed by atoms with Gasteiger partial charge in [-0.2, -0.15) is 0 Å². The van der Waals surface area contributed by atoms with Gasteiger partial charge < -0.3 is 14.5 Å². The molecule has 6 nitrogen and oxygen atoms in total. The Morgan fingerprint density at radius 1 is 1.06 bits per heavy atom. The fourth-order valence-corrected chi connectivity index (χ4v) is 5.37. The molecule has 7 heteroatoms. The molecule has 0 radical (unpaired) electrons. The standard InChI is InChI=1S/C25H25N3O3S/c1-30-18-9-5-16(6-10-18)21-4-3-13-28(21)15-23-26-20-14-22(32-24(20)25(29)27-23)17-7-11-19(31-2)12-8-17/h5-12,14,21H,3-4,13,15H2,1-2H3,(H,26,27,29)/t21-/m0/s1. The van der Waals surface area contributed by atoms with E-state index in [-0.39, 0.29) is 5.56 Å². The second kappa shape index (κ2) is 8.76. The van der Waals surface area contributed by atoms with Gasteiger partial charge in [-0.15, -0.1) is 11.3 Å². The van der Waals surface area contributed by atoms with Crippen LogP contribution in [-0.4, -0.2) is 35.6 Å². The highest BCUT2D eigenvalue weighted by molar-refractivity contribution is 7.22. The van der Waals surface area contributed by atoms with Crippen LogP contribution < -0.4 is 15.0 Å². The molecule has 1 saturated heterocycles. The average molecular weight is 448 g/mol. The molecular weight excluding hydrogens is 422 g/mol. The highest BCUT2D eigenvalue weighted by Crippen LogP contribution is 2.35. The van der Waals surface area contributed by atoms with E-state index in [0.717, 1.165) is 46.8 Å². The minimum Gasteiger partial charge on any atom is -0.497 e. The van der Waals surface area contributed by atoms with E-state index >= 15 is 0 Å². The molecule has 1 atom stereocenters. The van der Waals surface area contributed by atoms with E-state index in [1.165, 1.54) is 16.9 Å². The monoisotopic (exact) mass is 447 g/mol. The van der Waals surface area contributed by atoms with E-state index in [4.69, 9.17) is 14.5 Å². The van der Waals surface area contributed by atoms with Crippen molar-refractivity contribution in [3.8, 4) is 21.9 Å². The van der Waals surface area contributed by atoms with E-state index in [1.54, 1.807) is 14.2 Å². The molecule has 0 amide bonds. The molecule has 1 fully saturated rings. The zero-order valence-corrected chi connectivity index (χ0v) is 18.9. The number of thiophene rings is 1. The average Bonchev–Trinajstić information content (AvgIpc) is 3.47. The summed E-state index contributed by atoms with van der Waals surface area (Å²) in [5.74, 6) is 2.38. The second-order valence-corrected chi connectivity index (χ2v) is 9.02. The number of H-pyrrole nitrogens is 1. The van der Waals surface area contributed by atoms with Crippen LogP contribution >= 0.6 is 11.3 Å². The lowest BCUT2D eigenvalue weighted by Crippen LogP contribution is -2.25. The van der Waals surface area contributed by atoms with Crippen molar-refractivity contribution in [3.63, 3.8) is 0 Å². The van der Waals surface area contributed by atoms with E-state index in [1.807, 2.05) is 42.5 Å². The Morgan fingerprint density at radius 2 is 1.75 bits per heavy atom. The predicted octanol–water partition coefficient (Wildman–Crippen LogP) is 5.01. The Bertz CT molecular complexity index is 1280. The largest absolute Gasteiger partial charge is 0.497 e. The van der Waals surface area contributed by atoms with Crippen LogP contribution in [0.25, 0.3) is 20.7 Å². The Labute approximate surface area is 190 Å². The number of hydrogen-bond acceptors (Lipinski definition) is 6. The zero-order chi connectivity index (χ0) is 22.1. The summed E-state index contributed by atoms with van der Waals surface area (Å²) in [7, 11) is 3.33. The molecule has 0 bridgehead atoms. The molecule has 1 aliphatic rings. The minimum atomic E-state index is -0.0741. The van der Waals surface area contributed by atoms with Crippen LogP contribution in [-0.2, 0) is 6.54 Å². The van der Waals surface area contributed by atoms with Crippen LogP contribution in [0.3, 0.4) is 0 Å². The first-order chi connectivity index (χ1) is 15.6. The second-order valence-electron chi connectivity index (χ2n) is 7.97. The molecule has 3 heterocycles. The third-order valence-electron chi connectivity index (χ3n) is 6.02. The first-order valence-corrected chi connectivity index (χ1v) is 11.5. The third-order valence-corrected chi connectivity index (χ3v) is 7.20. The fourth-order valence-electron chi connectivity index (χ4n) is 4.37.